The standard InChI is InChI=1S/C45H53BrFN3O7Si/c1-25(49(5)6)31-35(46)39(54-23-26-17-13-11-14-18-26)33-29(36(31)47)21-28-22-30-37(50(7)8)40-34(43(48-56-40)55-24-27-19-15-12-16-20-27)42(53)45(30,41(52)32(28)38(33)51)57-58(9,10)44(2,3)4/h11-20,25,28,30,37,51H,21-24H2,1-10H3/t25?,28-,30-,37-,45-/m0/s1. The Labute approximate surface area is 349 Å². The molecule has 7 rings (SSSR count). The summed E-state index contributed by atoms with van der Waals surface area (Å²) in [6, 6.07) is 18.0. The van der Waals surface area contributed by atoms with E-state index in [1.807, 2.05) is 139 Å². The molecule has 0 radical (unpaired) electrons. The van der Waals surface area contributed by atoms with Crippen LogP contribution in [-0.4, -0.2) is 73.7 Å². The maximum absolute atomic E-state index is 17.2. The van der Waals surface area contributed by atoms with E-state index >= 15 is 14.0 Å². The molecular weight excluding hydrogens is 821 g/mol. The fraction of sp³-hybridized carbons (Fsp3) is 0.444. The number of benzene rings is 3. The lowest BCUT2D eigenvalue weighted by atomic mass is 9.57. The summed E-state index contributed by atoms with van der Waals surface area (Å²) in [7, 11) is 4.50. The van der Waals surface area contributed by atoms with Crippen LogP contribution in [0.5, 0.6) is 11.6 Å². The van der Waals surface area contributed by atoms with Gasteiger partial charge in [-0.2, -0.15) is 0 Å². The van der Waals surface area contributed by atoms with Crippen molar-refractivity contribution in [1.82, 2.24) is 15.0 Å². The molecule has 1 heterocycles. The predicted octanol–water partition coefficient (Wildman–Crippen LogP) is 9.65. The monoisotopic (exact) mass is 873 g/mol. The van der Waals surface area contributed by atoms with Gasteiger partial charge in [-0.25, -0.2) is 4.39 Å². The minimum atomic E-state index is -2.96. The van der Waals surface area contributed by atoms with Gasteiger partial charge in [-0.1, -0.05) is 81.4 Å². The molecule has 58 heavy (non-hydrogen) atoms. The van der Waals surface area contributed by atoms with Crippen LogP contribution in [0.4, 0.5) is 4.39 Å². The Morgan fingerprint density at radius 2 is 1.55 bits per heavy atom. The molecular formula is C45H53BrFN3O7Si. The minimum Gasteiger partial charge on any atom is -0.507 e. The minimum absolute atomic E-state index is 0.0281. The summed E-state index contributed by atoms with van der Waals surface area (Å²) in [5.41, 5.74) is 0.461. The van der Waals surface area contributed by atoms with Gasteiger partial charge in [0.2, 0.25) is 11.6 Å². The molecule has 308 valence electrons. The normalized spacial score (nSPS) is 22.4. The van der Waals surface area contributed by atoms with Gasteiger partial charge in [0.05, 0.1) is 16.1 Å². The lowest BCUT2D eigenvalue weighted by Crippen LogP contribution is -2.68. The molecule has 0 amide bonds. The Morgan fingerprint density at radius 1 is 0.966 bits per heavy atom. The van der Waals surface area contributed by atoms with Crippen LogP contribution in [0.25, 0.3) is 5.76 Å². The van der Waals surface area contributed by atoms with Crippen molar-refractivity contribution in [3.63, 3.8) is 0 Å². The summed E-state index contributed by atoms with van der Waals surface area (Å²) < 4.78 is 43.4. The molecule has 3 aromatic carbocycles. The summed E-state index contributed by atoms with van der Waals surface area (Å²) in [5.74, 6) is -3.11. The maximum Gasteiger partial charge on any atom is 0.265 e. The second-order valence-electron chi connectivity index (χ2n) is 17.8. The summed E-state index contributed by atoms with van der Waals surface area (Å²) >= 11 is 3.68. The summed E-state index contributed by atoms with van der Waals surface area (Å²) in [5, 5.41) is 16.5. The van der Waals surface area contributed by atoms with Gasteiger partial charge in [0.1, 0.15) is 36.1 Å². The molecule has 0 spiro atoms. The number of ketones is 2. The molecule has 3 aliphatic carbocycles. The van der Waals surface area contributed by atoms with Gasteiger partial charge in [0, 0.05) is 28.7 Å². The van der Waals surface area contributed by atoms with Gasteiger partial charge < -0.3 is 28.4 Å². The van der Waals surface area contributed by atoms with E-state index < -0.39 is 60.0 Å². The third-order valence-corrected chi connectivity index (χ3v) is 18.0. The maximum atomic E-state index is 17.2. The molecule has 10 nitrogen and oxygen atoms in total. The molecule has 0 aliphatic heterocycles. The van der Waals surface area contributed by atoms with Gasteiger partial charge in [-0.3, -0.25) is 14.5 Å². The van der Waals surface area contributed by atoms with Crippen LogP contribution in [0, 0.1) is 17.7 Å². The SMILES string of the molecule is CC(c1c(F)c2c(c(OCc3ccccc3)c1Br)C(O)=C1C(=O)[C@]3(O[Si](C)(C)C(C)(C)C)C(=O)c4c(OCc5ccccc5)noc4[C@@H](N(C)C)[C@@H]3C[C@@H]1C2)N(C)C. The molecule has 5 atom stereocenters. The topological polar surface area (TPSA) is 115 Å². The summed E-state index contributed by atoms with van der Waals surface area (Å²) in [6.07, 6.45) is 0.298. The Hall–Kier alpha value is -4.14. The molecule has 1 fully saturated rings. The lowest BCUT2D eigenvalue weighted by Gasteiger charge is -2.55. The first-order valence-electron chi connectivity index (χ1n) is 19.7. The van der Waals surface area contributed by atoms with Crippen molar-refractivity contribution in [2.75, 3.05) is 28.2 Å². The van der Waals surface area contributed by atoms with Crippen LogP contribution >= 0.6 is 15.9 Å². The molecule has 0 saturated heterocycles. The molecule has 1 saturated carbocycles. The van der Waals surface area contributed by atoms with Crippen molar-refractivity contribution >= 4 is 41.6 Å². The highest BCUT2D eigenvalue weighted by Crippen LogP contribution is 2.60. The van der Waals surface area contributed by atoms with Crippen molar-refractivity contribution in [3.8, 4) is 11.6 Å². The third kappa shape index (κ3) is 6.86. The van der Waals surface area contributed by atoms with Crippen molar-refractivity contribution in [3.05, 3.63) is 116 Å². The smallest absolute Gasteiger partial charge is 0.265 e. The van der Waals surface area contributed by atoms with Gasteiger partial charge in [0.15, 0.2) is 19.7 Å². The lowest BCUT2D eigenvalue weighted by molar-refractivity contribution is -0.140. The van der Waals surface area contributed by atoms with Gasteiger partial charge in [0.25, 0.3) is 5.88 Å². The first-order chi connectivity index (χ1) is 27.3. The number of Topliss-reactive ketones (excluding diaryl/α,β-unsaturated/α-hetero) is 2. The highest BCUT2D eigenvalue weighted by Gasteiger charge is 2.69. The van der Waals surface area contributed by atoms with Gasteiger partial charge >= 0.3 is 0 Å². The van der Waals surface area contributed by atoms with Crippen LogP contribution in [0.3, 0.4) is 0 Å². The number of hydrogen-bond acceptors (Lipinski definition) is 10. The van der Waals surface area contributed by atoms with Crippen molar-refractivity contribution in [2.45, 2.75) is 89.6 Å². The number of halogens is 2. The van der Waals surface area contributed by atoms with Crippen molar-refractivity contribution in [1.29, 1.82) is 0 Å². The highest BCUT2D eigenvalue weighted by atomic mass is 79.9. The van der Waals surface area contributed by atoms with E-state index in [2.05, 4.69) is 21.1 Å². The number of aliphatic hydroxyl groups excluding tert-OH is 1. The first-order valence-corrected chi connectivity index (χ1v) is 23.4. The number of carbonyl (C=O) groups excluding carboxylic acids is 2. The van der Waals surface area contributed by atoms with E-state index in [9.17, 15) is 5.11 Å². The molecule has 1 N–H and O–H groups in total. The second kappa shape index (κ2) is 15.5. The molecule has 1 unspecified atom stereocenters. The van der Waals surface area contributed by atoms with Gasteiger partial charge in [-0.05, 0) is 104 Å². The number of carbonyl (C=O) groups is 2. The number of fused-ring (bicyclic) bond motifs is 4. The Bertz CT molecular complexity index is 2270. The number of aromatic nitrogens is 1. The highest BCUT2D eigenvalue weighted by molar-refractivity contribution is 9.10. The van der Waals surface area contributed by atoms with Gasteiger partial charge in [-0.15, -0.1) is 0 Å². The fourth-order valence-corrected chi connectivity index (χ4v) is 10.8. The average molecular weight is 875 g/mol. The zero-order valence-corrected chi connectivity index (χ0v) is 37.5. The number of aliphatic hydroxyl groups is 1. The zero-order chi connectivity index (χ0) is 42.1. The van der Waals surface area contributed by atoms with Crippen molar-refractivity contribution in [2.24, 2.45) is 11.8 Å². The quantitative estimate of drug-likeness (QED) is 0.115. The van der Waals surface area contributed by atoms with E-state index in [1.165, 1.54) is 0 Å². The fourth-order valence-electron chi connectivity index (χ4n) is 8.51. The molecule has 0 bridgehead atoms. The third-order valence-electron chi connectivity index (χ3n) is 12.8. The number of rotatable bonds is 11. The van der Waals surface area contributed by atoms with E-state index in [0.717, 1.165) is 11.1 Å². The van der Waals surface area contributed by atoms with E-state index in [1.54, 1.807) is 0 Å². The molecule has 3 aliphatic rings. The number of nitrogens with zero attached hydrogens (tertiary/aromatic N) is 3. The summed E-state index contributed by atoms with van der Waals surface area (Å²) in [4.78, 5) is 35.2. The second-order valence-corrected chi connectivity index (χ2v) is 23.3. The molecule has 1 aromatic heterocycles. The van der Waals surface area contributed by atoms with Crippen LogP contribution in [0.15, 0.2) is 75.2 Å². The van der Waals surface area contributed by atoms with Crippen LogP contribution in [-0.2, 0) is 28.9 Å². The average Bonchev–Trinajstić information content (AvgIpc) is 3.58. The van der Waals surface area contributed by atoms with Crippen LogP contribution in [0.1, 0.15) is 90.1 Å². The Balaban J connectivity index is 1.45. The first kappa shape index (κ1) is 42.0. The van der Waals surface area contributed by atoms with E-state index in [0.29, 0.717) is 10.0 Å². The number of hydrogen-bond donors (Lipinski definition) is 1. The van der Waals surface area contributed by atoms with Crippen molar-refractivity contribution < 1.29 is 37.5 Å². The predicted molar refractivity (Wildman–Crippen MR) is 226 cm³/mol. The Morgan fingerprint density at radius 3 is 2.10 bits per heavy atom. The number of ether oxygens (including phenoxy) is 2. The molecule has 4 aromatic rings. The van der Waals surface area contributed by atoms with Crippen LogP contribution in [0.2, 0.25) is 18.1 Å². The van der Waals surface area contributed by atoms with E-state index in [4.69, 9.17) is 18.4 Å². The summed E-state index contributed by atoms with van der Waals surface area (Å²) in [6.45, 7) is 12.3. The molecule has 13 heteroatoms. The largest absolute Gasteiger partial charge is 0.507 e. The van der Waals surface area contributed by atoms with E-state index in [-0.39, 0.29) is 71.8 Å². The Kier molecular flexibility index (Phi) is 11.2. The van der Waals surface area contributed by atoms with Crippen LogP contribution < -0.4 is 9.47 Å². The zero-order valence-electron chi connectivity index (χ0n) is 34.9.